The third-order valence-electron chi connectivity index (χ3n) is 7.60. The first-order valence-corrected chi connectivity index (χ1v) is 14.2. The van der Waals surface area contributed by atoms with Crippen molar-refractivity contribution in [2.45, 2.75) is 32.7 Å². The molecule has 6 heteroatoms. The highest BCUT2D eigenvalue weighted by atomic mass is 16.2. The van der Waals surface area contributed by atoms with E-state index in [-0.39, 0.29) is 11.8 Å². The minimum Gasteiger partial charge on any atom is -0.322 e. The first kappa shape index (κ1) is 28.0. The summed E-state index contributed by atoms with van der Waals surface area (Å²) in [5.74, 6) is 0.312. The van der Waals surface area contributed by atoms with Gasteiger partial charge in [0.05, 0.1) is 5.71 Å². The van der Waals surface area contributed by atoms with Crippen LogP contribution in [0.5, 0.6) is 0 Å². The molecule has 1 aliphatic rings. The maximum absolute atomic E-state index is 12.8. The highest BCUT2D eigenvalue weighted by molar-refractivity contribution is 6.06. The van der Waals surface area contributed by atoms with E-state index in [0.717, 1.165) is 37.5 Å². The predicted octanol–water partition coefficient (Wildman–Crippen LogP) is 6.55. The summed E-state index contributed by atoms with van der Waals surface area (Å²) < 4.78 is 0. The molecule has 0 aliphatic carbocycles. The Morgan fingerprint density at radius 1 is 0.732 bits per heavy atom. The number of carbonyl (C=O) groups is 2. The summed E-state index contributed by atoms with van der Waals surface area (Å²) in [5, 5.41) is 7.20. The van der Waals surface area contributed by atoms with Gasteiger partial charge in [0.1, 0.15) is 0 Å². The standard InChI is InChI=1S/C35H36N4O2/c1-26(32-13-8-14-33(24-32)36-34(40)30-11-6-3-7-12-30)37-38-35(41)31-17-15-29(16-18-31)25-39-21-19-28(20-22-39)23-27-9-4-2-5-10-27/h2-18,24,28H,19-23,25H2,1H3,(H,36,40)(H,38,41)/b37-26-. The summed E-state index contributed by atoms with van der Waals surface area (Å²) in [6, 6.07) is 35.0. The van der Waals surface area contributed by atoms with Crippen molar-refractivity contribution in [3.63, 3.8) is 0 Å². The molecule has 1 saturated heterocycles. The van der Waals surface area contributed by atoms with Crippen LogP contribution in [-0.2, 0) is 13.0 Å². The van der Waals surface area contributed by atoms with Gasteiger partial charge in [-0.25, -0.2) is 5.43 Å². The average Bonchev–Trinajstić information content (AvgIpc) is 3.02. The van der Waals surface area contributed by atoms with Crippen molar-refractivity contribution in [3.8, 4) is 0 Å². The molecule has 4 aromatic carbocycles. The molecule has 2 N–H and O–H groups in total. The van der Waals surface area contributed by atoms with Gasteiger partial charge in [-0.3, -0.25) is 14.5 Å². The number of amides is 2. The van der Waals surface area contributed by atoms with Crippen LogP contribution in [-0.4, -0.2) is 35.5 Å². The normalized spacial score (nSPS) is 14.4. The number of nitrogens with one attached hydrogen (secondary N) is 2. The summed E-state index contributed by atoms with van der Waals surface area (Å²) in [6.45, 7) is 4.93. The van der Waals surface area contributed by atoms with Crippen LogP contribution in [0.25, 0.3) is 0 Å². The Kier molecular flexibility index (Phi) is 9.34. The summed E-state index contributed by atoms with van der Waals surface area (Å²) >= 11 is 0. The first-order chi connectivity index (χ1) is 20.0. The summed E-state index contributed by atoms with van der Waals surface area (Å²) in [5.41, 5.74) is 8.56. The second-order valence-corrected chi connectivity index (χ2v) is 10.6. The molecule has 0 unspecified atom stereocenters. The predicted molar refractivity (Wildman–Crippen MR) is 165 cm³/mol. The Labute approximate surface area is 242 Å². The molecule has 2 amide bonds. The van der Waals surface area contributed by atoms with Crippen molar-refractivity contribution in [1.82, 2.24) is 10.3 Å². The highest BCUT2D eigenvalue weighted by Crippen LogP contribution is 2.23. The quantitative estimate of drug-likeness (QED) is 0.185. The molecule has 4 aromatic rings. The molecule has 1 heterocycles. The average molecular weight is 545 g/mol. The van der Waals surface area contributed by atoms with Crippen molar-refractivity contribution >= 4 is 23.2 Å². The smallest absolute Gasteiger partial charge is 0.271 e. The van der Waals surface area contributed by atoms with Gasteiger partial charge in [0.2, 0.25) is 0 Å². The second-order valence-electron chi connectivity index (χ2n) is 10.6. The molecule has 0 atom stereocenters. The number of carbonyl (C=O) groups excluding carboxylic acids is 2. The lowest BCUT2D eigenvalue weighted by atomic mass is 9.90. The topological polar surface area (TPSA) is 73.8 Å². The number of hydrogen-bond donors (Lipinski definition) is 2. The highest BCUT2D eigenvalue weighted by Gasteiger charge is 2.19. The number of benzene rings is 4. The van der Waals surface area contributed by atoms with Gasteiger partial charge in [-0.05, 0) is 98.3 Å². The lowest BCUT2D eigenvalue weighted by molar-refractivity contribution is 0.0954. The molecule has 1 aliphatic heterocycles. The molecule has 1 fully saturated rings. The molecule has 41 heavy (non-hydrogen) atoms. The summed E-state index contributed by atoms with van der Waals surface area (Å²) in [4.78, 5) is 27.7. The van der Waals surface area contributed by atoms with Crippen LogP contribution in [0.4, 0.5) is 5.69 Å². The molecular weight excluding hydrogens is 508 g/mol. The van der Waals surface area contributed by atoms with Crippen LogP contribution in [0.15, 0.2) is 114 Å². The fraction of sp³-hybridized carbons (Fsp3) is 0.229. The fourth-order valence-corrected chi connectivity index (χ4v) is 5.19. The van der Waals surface area contributed by atoms with Gasteiger partial charge < -0.3 is 5.32 Å². The first-order valence-electron chi connectivity index (χ1n) is 14.2. The van der Waals surface area contributed by atoms with Crippen LogP contribution in [0.1, 0.15) is 57.2 Å². The van der Waals surface area contributed by atoms with Gasteiger partial charge in [0, 0.05) is 23.4 Å². The molecule has 0 bridgehead atoms. The number of hydrazone groups is 1. The largest absolute Gasteiger partial charge is 0.322 e. The van der Waals surface area contributed by atoms with E-state index in [1.165, 1.54) is 24.0 Å². The van der Waals surface area contributed by atoms with E-state index < -0.39 is 0 Å². The van der Waals surface area contributed by atoms with Gasteiger partial charge in [-0.2, -0.15) is 5.10 Å². The summed E-state index contributed by atoms with van der Waals surface area (Å²) in [6.07, 6.45) is 3.60. The zero-order valence-electron chi connectivity index (χ0n) is 23.4. The molecule has 0 saturated carbocycles. The Balaban J connectivity index is 1.10. The van der Waals surface area contributed by atoms with Gasteiger partial charge in [0.15, 0.2) is 0 Å². The van der Waals surface area contributed by atoms with E-state index in [1.54, 1.807) is 12.1 Å². The van der Waals surface area contributed by atoms with Crippen molar-refractivity contribution in [2.24, 2.45) is 11.0 Å². The zero-order valence-corrected chi connectivity index (χ0v) is 23.4. The zero-order chi connectivity index (χ0) is 28.4. The van der Waals surface area contributed by atoms with E-state index in [2.05, 4.69) is 51.1 Å². The lowest BCUT2D eigenvalue weighted by Gasteiger charge is -2.32. The van der Waals surface area contributed by atoms with E-state index in [9.17, 15) is 9.59 Å². The van der Waals surface area contributed by atoms with E-state index >= 15 is 0 Å². The van der Waals surface area contributed by atoms with Crippen LogP contribution in [0, 0.1) is 5.92 Å². The van der Waals surface area contributed by atoms with E-state index in [4.69, 9.17) is 0 Å². The Morgan fingerprint density at radius 3 is 2.07 bits per heavy atom. The van der Waals surface area contributed by atoms with Crippen molar-refractivity contribution in [3.05, 3.63) is 137 Å². The van der Waals surface area contributed by atoms with Crippen molar-refractivity contribution in [1.29, 1.82) is 0 Å². The van der Waals surface area contributed by atoms with Crippen molar-refractivity contribution in [2.75, 3.05) is 18.4 Å². The Morgan fingerprint density at radius 2 is 1.37 bits per heavy atom. The van der Waals surface area contributed by atoms with E-state index in [0.29, 0.717) is 22.5 Å². The Hall–Kier alpha value is -4.55. The van der Waals surface area contributed by atoms with Crippen LogP contribution < -0.4 is 10.7 Å². The Bertz CT molecular complexity index is 1480. The third kappa shape index (κ3) is 7.99. The van der Waals surface area contributed by atoms with Crippen LogP contribution in [0.3, 0.4) is 0 Å². The van der Waals surface area contributed by atoms with Crippen molar-refractivity contribution < 1.29 is 9.59 Å². The molecule has 208 valence electrons. The van der Waals surface area contributed by atoms with Gasteiger partial charge in [-0.15, -0.1) is 0 Å². The number of rotatable bonds is 9. The maximum Gasteiger partial charge on any atom is 0.271 e. The van der Waals surface area contributed by atoms with Gasteiger partial charge in [0.25, 0.3) is 11.8 Å². The van der Waals surface area contributed by atoms with Crippen LogP contribution >= 0.6 is 0 Å². The minimum atomic E-state index is -0.258. The minimum absolute atomic E-state index is 0.179. The molecule has 0 aromatic heterocycles. The maximum atomic E-state index is 12.8. The number of piperidine rings is 1. The van der Waals surface area contributed by atoms with Gasteiger partial charge in [-0.1, -0.05) is 72.8 Å². The lowest BCUT2D eigenvalue weighted by Crippen LogP contribution is -2.33. The number of hydrogen-bond acceptors (Lipinski definition) is 4. The molecular formula is C35H36N4O2. The SMILES string of the molecule is C/C(=N/NC(=O)c1ccc(CN2CCC(Cc3ccccc3)CC2)cc1)c1cccc(NC(=O)c2ccccc2)c1. The fourth-order valence-electron chi connectivity index (χ4n) is 5.19. The summed E-state index contributed by atoms with van der Waals surface area (Å²) in [7, 11) is 0. The molecule has 0 radical (unpaired) electrons. The second kappa shape index (κ2) is 13.7. The third-order valence-corrected chi connectivity index (χ3v) is 7.60. The van der Waals surface area contributed by atoms with Gasteiger partial charge >= 0.3 is 0 Å². The molecule has 6 nitrogen and oxygen atoms in total. The number of nitrogens with zero attached hydrogens (tertiary/aromatic N) is 2. The van der Waals surface area contributed by atoms with Crippen LogP contribution in [0.2, 0.25) is 0 Å². The number of anilines is 1. The molecule has 5 rings (SSSR count). The van der Waals surface area contributed by atoms with E-state index in [1.807, 2.05) is 73.7 Å². The number of likely N-dealkylation sites (tertiary alicyclic amines) is 1. The molecule has 0 spiro atoms. The monoisotopic (exact) mass is 544 g/mol.